The van der Waals surface area contributed by atoms with Crippen molar-refractivity contribution in [3.63, 3.8) is 0 Å². The largest absolute Gasteiger partial charge is 0.342 e. The Bertz CT molecular complexity index is 1090. The Morgan fingerprint density at radius 1 is 1.07 bits per heavy atom. The van der Waals surface area contributed by atoms with Gasteiger partial charge in [0.2, 0.25) is 5.95 Å². The van der Waals surface area contributed by atoms with Crippen LogP contribution in [0.4, 0.5) is 10.3 Å². The first-order valence-corrected chi connectivity index (χ1v) is 8.66. The highest BCUT2D eigenvalue weighted by molar-refractivity contribution is 6.30. The van der Waals surface area contributed by atoms with E-state index in [1.807, 2.05) is 30.5 Å². The summed E-state index contributed by atoms with van der Waals surface area (Å²) in [6.45, 7) is 0.641. The fraction of sp³-hybridized carbons (Fsp3) is 0.0500. The highest BCUT2D eigenvalue weighted by atomic mass is 35.5. The summed E-state index contributed by atoms with van der Waals surface area (Å²) < 4.78 is 15.2. The van der Waals surface area contributed by atoms with Crippen molar-refractivity contribution in [1.82, 2.24) is 14.5 Å². The normalized spacial score (nSPS) is 11.3. The van der Waals surface area contributed by atoms with Crippen LogP contribution in [-0.2, 0) is 6.54 Å². The van der Waals surface area contributed by atoms with E-state index >= 15 is 0 Å². The van der Waals surface area contributed by atoms with Crippen LogP contribution < -0.4 is 5.43 Å². The summed E-state index contributed by atoms with van der Waals surface area (Å²) in [4.78, 5) is 8.07. The van der Waals surface area contributed by atoms with Crippen LogP contribution in [0, 0.1) is 5.82 Å². The average molecular weight is 380 g/mol. The van der Waals surface area contributed by atoms with E-state index in [0.29, 0.717) is 17.5 Å². The molecule has 0 saturated heterocycles. The second-order valence-electron chi connectivity index (χ2n) is 5.95. The maximum absolute atomic E-state index is 13.1. The molecule has 5 nitrogen and oxygen atoms in total. The van der Waals surface area contributed by atoms with Crippen molar-refractivity contribution in [1.29, 1.82) is 0 Å². The molecule has 0 bridgehead atoms. The van der Waals surface area contributed by atoms with Gasteiger partial charge in [-0.15, -0.1) is 0 Å². The van der Waals surface area contributed by atoms with Crippen molar-refractivity contribution >= 4 is 34.7 Å². The second-order valence-corrected chi connectivity index (χ2v) is 6.39. The molecule has 0 aliphatic carbocycles. The molecule has 7 heteroatoms. The summed E-state index contributed by atoms with van der Waals surface area (Å²) in [7, 11) is 0. The maximum atomic E-state index is 13.1. The lowest BCUT2D eigenvalue weighted by atomic mass is 10.2. The number of para-hydroxylation sites is 1. The van der Waals surface area contributed by atoms with Crippen LogP contribution in [0.15, 0.2) is 72.2 Å². The lowest BCUT2D eigenvalue weighted by Crippen LogP contribution is -1.98. The van der Waals surface area contributed by atoms with Crippen LogP contribution >= 0.6 is 11.6 Å². The Morgan fingerprint density at radius 3 is 2.59 bits per heavy atom. The van der Waals surface area contributed by atoms with Gasteiger partial charge in [-0.1, -0.05) is 41.9 Å². The zero-order valence-corrected chi connectivity index (χ0v) is 14.9. The number of anilines is 1. The molecule has 2 heterocycles. The molecule has 2 aromatic heterocycles. The first-order chi connectivity index (χ1) is 13.2. The molecular formula is C20H15ClFN5. The lowest BCUT2D eigenvalue weighted by Gasteiger charge is -2.05. The van der Waals surface area contributed by atoms with Gasteiger partial charge in [-0.2, -0.15) is 5.10 Å². The molecule has 1 N–H and O–H groups in total. The van der Waals surface area contributed by atoms with Gasteiger partial charge < -0.3 is 4.57 Å². The van der Waals surface area contributed by atoms with Gasteiger partial charge >= 0.3 is 0 Å². The Balaban J connectivity index is 1.60. The predicted molar refractivity (Wildman–Crippen MR) is 106 cm³/mol. The number of hydrazone groups is 1. The van der Waals surface area contributed by atoms with Crippen LogP contribution in [0.2, 0.25) is 5.02 Å². The zero-order chi connectivity index (χ0) is 18.6. The topological polar surface area (TPSA) is 55.1 Å². The van der Waals surface area contributed by atoms with Crippen molar-refractivity contribution in [3.8, 4) is 0 Å². The fourth-order valence-corrected chi connectivity index (χ4v) is 2.92. The molecule has 0 fully saturated rings. The molecule has 4 aromatic rings. The summed E-state index contributed by atoms with van der Waals surface area (Å²) >= 11 is 5.77. The minimum atomic E-state index is -0.237. The number of hydrogen-bond acceptors (Lipinski definition) is 4. The standard InChI is InChI=1S/C20H15ClFN5/c21-16-10-23-20(24-11-16)26-25-9-15-13-27(19-4-2-1-3-18(15)19)12-14-5-7-17(22)8-6-14/h1-11,13H,12H2,(H,23,24,26)/b25-9+. The number of rotatable bonds is 5. The van der Waals surface area contributed by atoms with E-state index in [-0.39, 0.29) is 5.82 Å². The van der Waals surface area contributed by atoms with Crippen LogP contribution in [0.3, 0.4) is 0 Å². The molecule has 0 aliphatic rings. The van der Waals surface area contributed by atoms with Crippen molar-refractivity contribution in [2.45, 2.75) is 6.54 Å². The van der Waals surface area contributed by atoms with Gasteiger partial charge in [-0.25, -0.2) is 19.8 Å². The number of benzene rings is 2. The van der Waals surface area contributed by atoms with Gasteiger partial charge in [0.25, 0.3) is 0 Å². The van der Waals surface area contributed by atoms with E-state index in [1.165, 1.54) is 24.5 Å². The highest BCUT2D eigenvalue weighted by Gasteiger charge is 2.07. The van der Waals surface area contributed by atoms with E-state index in [1.54, 1.807) is 18.3 Å². The Morgan fingerprint density at radius 2 is 1.81 bits per heavy atom. The quantitative estimate of drug-likeness (QED) is 0.403. The molecule has 0 amide bonds. The molecule has 27 heavy (non-hydrogen) atoms. The molecule has 134 valence electrons. The van der Waals surface area contributed by atoms with E-state index in [0.717, 1.165) is 22.0 Å². The third kappa shape index (κ3) is 3.96. The first kappa shape index (κ1) is 17.2. The van der Waals surface area contributed by atoms with Crippen LogP contribution in [0.25, 0.3) is 10.9 Å². The van der Waals surface area contributed by atoms with Crippen molar-refractivity contribution in [3.05, 3.63) is 89.1 Å². The predicted octanol–water partition coefficient (Wildman–Crippen LogP) is 4.72. The number of hydrogen-bond donors (Lipinski definition) is 1. The Labute approximate surface area is 160 Å². The van der Waals surface area contributed by atoms with Crippen LogP contribution in [-0.4, -0.2) is 20.7 Å². The first-order valence-electron chi connectivity index (χ1n) is 8.28. The van der Waals surface area contributed by atoms with Gasteiger partial charge in [0.15, 0.2) is 0 Å². The third-order valence-corrected chi connectivity index (χ3v) is 4.27. The van der Waals surface area contributed by atoms with Crippen molar-refractivity contribution < 1.29 is 4.39 Å². The molecule has 2 aromatic carbocycles. The van der Waals surface area contributed by atoms with Crippen molar-refractivity contribution in [2.24, 2.45) is 5.10 Å². The van der Waals surface area contributed by atoms with E-state index in [4.69, 9.17) is 11.6 Å². The zero-order valence-electron chi connectivity index (χ0n) is 14.2. The molecule has 0 saturated carbocycles. The van der Waals surface area contributed by atoms with Gasteiger partial charge in [-0.3, -0.25) is 0 Å². The molecule has 0 spiro atoms. The minimum Gasteiger partial charge on any atom is -0.342 e. The molecular weight excluding hydrogens is 365 g/mol. The summed E-state index contributed by atoms with van der Waals surface area (Å²) in [5.41, 5.74) is 5.84. The van der Waals surface area contributed by atoms with Crippen LogP contribution in [0.5, 0.6) is 0 Å². The molecule has 0 aliphatic heterocycles. The molecule has 0 unspecified atom stereocenters. The average Bonchev–Trinajstić information content (AvgIpc) is 3.03. The second kappa shape index (κ2) is 7.55. The van der Waals surface area contributed by atoms with Crippen molar-refractivity contribution in [2.75, 3.05) is 5.43 Å². The number of halogens is 2. The minimum absolute atomic E-state index is 0.237. The number of fused-ring (bicyclic) bond motifs is 1. The SMILES string of the molecule is Fc1ccc(Cn2cc(/C=N/Nc3ncc(Cl)cn3)c3ccccc32)cc1. The highest BCUT2D eigenvalue weighted by Crippen LogP contribution is 2.21. The fourth-order valence-electron chi connectivity index (χ4n) is 2.82. The Kier molecular flexibility index (Phi) is 4.80. The monoisotopic (exact) mass is 379 g/mol. The smallest absolute Gasteiger partial charge is 0.243 e. The number of nitrogens with zero attached hydrogens (tertiary/aromatic N) is 4. The van der Waals surface area contributed by atoms with Gasteiger partial charge in [-0.05, 0) is 23.8 Å². The van der Waals surface area contributed by atoms with E-state index in [2.05, 4.69) is 25.1 Å². The number of aromatic nitrogens is 3. The molecule has 0 atom stereocenters. The van der Waals surface area contributed by atoms with Gasteiger partial charge in [0, 0.05) is 29.2 Å². The summed E-state index contributed by atoms with van der Waals surface area (Å²) in [5.74, 6) is 0.130. The van der Waals surface area contributed by atoms with Gasteiger partial charge in [0.1, 0.15) is 5.82 Å². The molecule has 0 radical (unpaired) electrons. The number of nitrogens with one attached hydrogen (secondary N) is 1. The Hall–Kier alpha value is -3.25. The van der Waals surface area contributed by atoms with Gasteiger partial charge in [0.05, 0.1) is 23.6 Å². The maximum Gasteiger partial charge on any atom is 0.243 e. The van der Waals surface area contributed by atoms with E-state index < -0.39 is 0 Å². The summed E-state index contributed by atoms with van der Waals surface area (Å²) in [6, 6.07) is 14.6. The lowest BCUT2D eigenvalue weighted by molar-refractivity contribution is 0.626. The van der Waals surface area contributed by atoms with E-state index in [9.17, 15) is 4.39 Å². The molecule has 4 rings (SSSR count). The third-order valence-electron chi connectivity index (χ3n) is 4.07. The summed E-state index contributed by atoms with van der Waals surface area (Å²) in [6.07, 6.45) is 6.74. The summed E-state index contributed by atoms with van der Waals surface area (Å²) in [5, 5.41) is 5.76. The van der Waals surface area contributed by atoms with Crippen LogP contribution in [0.1, 0.15) is 11.1 Å².